The average Bonchev–Trinajstić information content (AvgIpc) is 2.89. The molecule has 118 valence electrons. The zero-order chi connectivity index (χ0) is 14.8. The molecule has 0 aromatic carbocycles. The fourth-order valence-electron chi connectivity index (χ4n) is 4.06. The Bertz CT molecular complexity index is 308. The second-order valence-electron chi connectivity index (χ2n) is 7.71. The normalized spacial score (nSPS) is 33.5. The summed E-state index contributed by atoms with van der Waals surface area (Å²) in [6.07, 6.45) is 6.34. The van der Waals surface area contributed by atoms with E-state index in [9.17, 15) is 0 Å². The van der Waals surface area contributed by atoms with Crippen molar-refractivity contribution in [3.8, 4) is 0 Å². The lowest BCUT2D eigenvalue weighted by Crippen LogP contribution is -2.46. The molecule has 0 spiro atoms. The number of ether oxygens (including phenoxy) is 2. The smallest absolute Gasteiger partial charge is 0.0677 e. The summed E-state index contributed by atoms with van der Waals surface area (Å²) < 4.78 is 12.2. The predicted molar refractivity (Wildman–Crippen MR) is 83.0 cm³/mol. The van der Waals surface area contributed by atoms with E-state index < -0.39 is 0 Å². The Morgan fingerprint density at radius 2 is 2.00 bits per heavy atom. The maximum atomic E-state index is 6.29. The van der Waals surface area contributed by atoms with Crippen LogP contribution in [0, 0.1) is 5.92 Å². The summed E-state index contributed by atoms with van der Waals surface area (Å²) >= 11 is 0. The van der Waals surface area contributed by atoms with Crippen LogP contribution in [0.2, 0.25) is 0 Å². The molecule has 0 aromatic rings. The van der Waals surface area contributed by atoms with Gasteiger partial charge in [0.15, 0.2) is 0 Å². The fraction of sp³-hybridized carbons (Fsp3) is 1.00. The lowest BCUT2D eigenvalue weighted by atomic mass is 9.79. The third-order valence-electron chi connectivity index (χ3n) is 4.83. The van der Waals surface area contributed by atoms with Crippen molar-refractivity contribution in [2.24, 2.45) is 5.92 Å². The third kappa shape index (κ3) is 3.96. The number of hydrogen-bond donors (Lipinski definition) is 1. The summed E-state index contributed by atoms with van der Waals surface area (Å²) in [5.74, 6) is 0.563. The highest BCUT2D eigenvalue weighted by molar-refractivity contribution is 5.00. The number of hydrogen-bond acceptors (Lipinski definition) is 3. The highest BCUT2D eigenvalue weighted by atomic mass is 16.5. The van der Waals surface area contributed by atoms with Crippen molar-refractivity contribution < 1.29 is 9.47 Å². The van der Waals surface area contributed by atoms with Gasteiger partial charge in [0.25, 0.3) is 0 Å². The van der Waals surface area contributed by atoms with Crippen molar-refractivity contribution in [3.05, 3.63) is 0 Å². The molecular formula is C17H33NO2. The summed E-state index contributed by atoms with van der Waals surface area (Å²) in [6.45, 7) is 13.2. The second-order valence-corrected chi connectivity index (χ2v) is 7.71. The molecular weight excluding hydrogens is 250 g/mol. The van der Waals surface area contributed by atoms with Gasteiger partial charge in [-0.15, -0.1) is 0 Å². The van der Waals surface area contributed by atoms with Gasteiger partial charge in [-0.2, -0.15) is 0 Å². The first-order chi connectivity index (χ1) is 9.34. The van der Waals surface area contributed by atoms with Crippen molar-refractivity contribution in [1.82, 2.24) is 5.32 Å². The zero-order valence-corrected chi connectivity index (χ0v) is 14.0. The molecule has 0 saturated carbocycles. The summed E-state index contributed by atoms with van der Waals surface area (Å²) in [5.41, 5.74) is -0.0512. The summed E-state index contributed by atoms with van der Waals surface area (Å²) in [4.78, 5) is 0. The van der Waals surface area contributed by atoms with E-state index in [1.54, 1.807) is 0 Å². The van der Waals surface area contributed by atoms with Crippen LogP contribution in [-0.4, -0.2) is 36.5 Å². The molecule has 3 atom stereocenters. The Kier molecular flexibility index (Phi) is 5.14. The Labute approximate surface area is 124 Å². The Hall–Kier alpha value is -0.120. The minimum Gasteiger partial charge on any atom is -0.378 e. The SMILES string of the molecule is CCCNC(CC1CCCO1)C1CC(C)(C)OC1(C)C. The van der Waals surface area contributed by atoms with E-state index in [1.165, 1.54) is 19.3 Å². The van der Waals surface area contributed by atoms with Gasteiger partial charge < -0.3 is 14.8 Å². The van der Waals surface area contributed by atoms with Gasteiger partial charge in [-0.05, 0) is 66.3 Å². The molecule has 0 amide bonds. The van der Waals surface area contributed by atoms with Gasteiger partial charge >= 0.3 is 0 Å². The molecule has 3 heteroatoms. The molecule has 0 aromatic heterocycles. The van der Waals surface area contributed by atoms with Crippen LogP contribution >= 0.6 is 0 Å². The van der Waals surface area contributed by atoms with Crippen molar-refractivity contribution in [3.63, 3.8) is 0 Å². The third-order valence-corrected chi connectivity index (χ3v) is 4.83. The molecule has 0 bridgehead atoms. The number of nitrogens with one attached hydrogen (secondary N) is 1. The molecule has 2 saturated heterocycles. The topological polar surface area (TPSA) is 30.5 Å². The van der Waals surface area contributed by atoms with Crippen molar-refractivity contribution in [2.45, 2.75) is 90.1 Å². The Morgan fingerprint density at radius 3 is 2.50 bits per heavy atom. The highest BCUT2D eigenvalue weighted by Gasteiger charge is 2.49. The van der Waals surface area contributed by atoms with Crippen LogP contribution in [0.25, 0.3) is 0 Å². The van der Waals surface area contributed by atoms with E-state index in [2.05, 4.69) is 39.9 Å². The van der Waals surface area contributed by atoms with Crippen LogP contribution in [0.1, 0.15) is 66.7 Å². The van der Waals surface area contributed by atoms with Gasteiger partial charge in [0.2, 0.25) is 0 Å². The van der Waals surface area contributed by atoms with E-state index in [-0.39, 0.29) is 11.2 Å². The van der Waals surface area contributed by atoms with Crippen LogP contribution in [0.15, 0.2) is 0 Å². The van der Waals surface area contributed by atoms with Gasteiger partial charge in [0, 0.05) is 18.6 Å². The molecule has 2 aliphatic heterocycles. The molecule has 1 N–H and O–H groups in total. The zero-order valence-electron chi connectivity index (χ0n) is 14.0. The Morgan fingerprint density at radius 1 is 1.25 bits per heavy atom. The van der Waals surface area contributed by atoms with Gasteiger partial charge in [-0.3, -0.25) is 0 Å². The van der Waals surface area contributed by atoms with E-state index >= 15 is 0 Å². The number of rotatable bonds is 6. The lowest BCUT2D eigenvalue weighted by molar-refractivity contribution is -0.0790. The van der Waals surface area contributed by atoms with Crippen LogP contribution in [0.3, 0.4) is 0 Å². The van der Waals surface area contributed by atoms with E-state index in [1.807, 2.05) is 0 Å². The summed E-state index contributed by atoms with van der Waals surface area (Å²) in [6, 6.07) is 0.509. The van der Waals surface area contributed by atoms with Crippen LogP contribution in [0.4, 0.5) is 0 Å². The molecule has 0 aliphatic carbocycles. The maximum absolute atomic E-state index is 6.29. The minimum absolute atomic E-state index is 0.00313. The predicted octanol–water partition coefficient (Wildman–Crippen LogP) is 3.52. The van der Waals surface area contributed by atoms with Gasteiger partial charge in [-0.25, -0.2) is 0 Å². The summed E-state index contributed by atoms with van der Waals surface area (Å²) in [7, 11) is 0. The van der Waals surface area contributed by atoms with Crippen molar-refractivity contribution in [1.29, 1.82) is 0 Å². The van der Waals surface area contributed by atoms with E-state index in [0.717, 1.165) is 26.0 Å². The van der Waals surface area contributed by atoms with Gasteiger partial charge in [0.05, 0.1) is 17.3 Å². The van der Waals surface area contributed by atoms with Crippen LogP contribution in [-0.2, 0) is 9.47 Å². The first-order valence-electron chi connectivity index (χ1n) is 8.39. The Balaban J connectivity index is 2.04. The van der Waals surface area contributed by atoms with Crippen molar-refractivity contribution >= 4 is 0 Å². The standard InChI is InChI=1S/C17H33NO2/c1-6-9-18-15(11-13-8-7-10-19-13)14-12-16(2,3)20-17(14,4)5/h13-15,18H,6-12H2,1-5H3. The van der Waals surface area contributed by atoms with Crippen molar-refractivity contribution in [2.75, 3.05) is 13.2 Å². The fourth-order valence-corrected chi connectivity index (χ4v) is 4.06. The molecule has 2 rings (SSSR count). The largest absolute Gasteiger partial charge is 0.378 e. The maximum Gasteiger partial charge on any atom is 0.0677 e. The monoisotopic (exact) mass is 283 g/mol. The molecule has 0 radical (unpaired) electrons. The van der Waals surface area contributed by atoms with Gasteiger partial charge in [0.1, 0.15) is 0 Å². The first-order valence-corrected chi connectivity index (χ1v) is 8.39. The lowest BCUT2D eigenvalue weighted by Gasteiger charge is -2.34. The molecule has 3 nitrogen and oxygen atoms in total. The molecule has 20 heavy (non-hydrogen) atoms. The molecule has 2 fully saturated rings. The second kappa shape index (κ2) is 6.33. The van der Waals surface area contributed by atoms with Crippen LogP contribution in [0.5, 0.6) is 0 Å². The highest BCUT2D eigenvalue weighted by Crippen LogP contribution is 2.44. The summed E-state index contributed by atoms with van der Waals surface area (Å²) in [5, 5.41) is 3.77. The molecule has 3 unspecified atom stereocenters. The molecule has 2 heterocycles. The van der Waals surface area contributed by atoms with E-state index in [0.29, 0.717) is 18.1 Å². The first kappa shape index (κ1) is 16.3. The molecule has 2 aliphatic rings. The average molecular weight is 283 g/mol. The van der Waals surface area contributed by atoms with Crippen LogP contribution < -0.4 is 5.32 Å². The minimum atomic E-state index is -0.0481. The van der Waals surface area contributed by atoms with E-state index in [4.69, 9.17) is 9.47 Å². The van der Waals surface area contributed by atoms with Gasteiger partial charge in [-0.1, -0.05) is 6.92 Å². The quantitative estimate of drug-likeness (QED) is 0.809.